The Bertz CT molecular complexity index is 942. The molecule has 1 aromatic heterocycles. The first-order valence-corrected chi connectivity index (χ1v) is 9.13. The summed E-state index contributed by atoms with van der Waals surface area (Å²) >= 11 is 0. The predicted octanol–water partition coefficient (Wildman–Crippen LogP) is 4.03. The number of anilines is 1. The van der Waals surface area contributed by atoms with Gasteiger partial charge in [-0.2, -0.15) is 0 Å². The first kappa shape index (κ1) is 16.8. The fraction of sp³-hybridized carbons (Fsp3) is 0.333. The lowest BCUT2D eigenvalue weighted by molar-refractivity contribution is 0.116. The third-order valence-corrected chi connectivity index (χ3v) is 5.15. The lowest BCUT2D eigenvalue weighted by atomic mass is 9.92. The van der Waals surface area contributed by atoms with Crippen LogP contribution in [0.5, 0.6) is 5.75 Å². The van der Waals surface area contributed by atoms with Crippen molar-refractivity contribution in [2.24, 2.45) is 0 Å². The number of nitrogens with zero attached hydrogens (tertiary/aromatic N) is 2. The maximum atomic E-state index is 10.4. The van der Waals surface area contributed by atoms with Gasteiger partial charge in [0.1, 0.15) is 11.4 Å². The van der Waals surface area contributed by atoms with Crippen LogP contribution in [-0.2, 0) is 0 Å². The van der Waals surface area contributed by atoms with E-state index in [0.29, 0.717) is 17.1 Å². The molecule has 1 fully saturated rings. The van der Waals surface area contributed by atoms with E-state index in [1.54, 1.807) is 6.07 Å². The van der Waals surface area contributed by atoms with Gasteiger partial charge in [0, 0.05) is 16.3 Å². The molecule has 2 aromatic carbocycles. The average molecular weight is 349 g/mol. The van der Waals surface area contributed by atoms with Crippen molar-refractivity contribution in [3.05, 3.63) is 48.0 Å². The molecule has 3 N–H and O–H groups in total. The third kappa shape index (κ3) is 3.10. The molecule has 0 spiro atoms. The van der Waals surface area contributed by atoms with Crippen molar-refractivity contribution in [3.63, 3.8) is 0 Å². The van der Waals surface area contributed by atoms with Gasteiger partial charge >= 0.3 is 0 Å². The van der Waals surface area contributed by atoms with E-state index in [1.165, 1.54) is 0 Å². The molecule has 26 heavy (non-hydrogen) atoms. The lowest BCUT2D eigenvalue weighted by Gasteiger charge is -2.29. The fourth-order valence-electron chi connectivity index (χ4n) is 3.71. The minimum absolute atomic E-state index is 0.0000776. The van der Waals surface area contributed by atoms with E-state index in [1.807, 2.05) is 43.3 Å². The summed E-state index contributed by atoms with van der Waals surface area (Å²) in [6.07, 6.45) is 3.56. The summed E-state index contributed by atoms with van der Waals surface area (Å²) in [4.78, 5) is 0. The summed E-state index contributed by atoms with van der Waals surface area (Å²) in [7, 11) is 0. The largest absolute Gasteiger partial charge is 0.507 e. The van der Waals surface area contributed by atoms with Crippen LogP contribution in [0.3, 0.4) is 0 Å². The molecule has 4 rings (SSSR count). The zero-order valence-corrected chi connectivity index (χ0v) is 14.8. The van der Waals surface area contributed by atoms with Gasteiger partial charge in [-0.05, 0) is 37.5 Å². The fourth-order valence-corrected chi connectivity index (χ4v) is 3.71. The number of phenolic OH excluding ortho intramolecular Hbond substituents is 1. The van der Waals surface area contributed by atoms with Gasteiger partial charge in [0.05, 0.1) is 12.1 Å². The normalized spacial score (nSPS) is 20.2. The van der Waals surface area contributed by atoms with Crippen LogP contribution in [0.25, 0.3) is 22.0 Å². The van der Waals surface area contributed by atoms with Crippen molar-refractivity contribution in [2.45, 2.75) is 44.8 Å². The minimum atomic E-state index is -0.356. The van der Waals surface area contributed by atoms with Gasteiger partial charge in [-0.15, -0.1) is 10.2 Å². The van der Waals surface area contributed by atoms with Crippen LogP contribution in [0.4, 0.5) is 5.82 Å². The van der Waals surface area contributed by atoms with Crippen molar-refractivity contribution in [1.82, 2.24) is 10.2 Å². The highest BCUT2D eigenvalue weighted by molar-refractivity contribution is 6.00. The van der Waals surface area contributed by atoms with E-state index in [9.17, 15) is 10.2 Å². The Morgan fingerprint density at radius 2 is 1.77 bits per heavy atom. The topological polar surface area (TPSA) is 78.3 Å². The Morgan fingerprint density at radius 1 is 1.00 bits per heavy atom. The number of hydrogen-bond acceptors (Lipinski definition) is 5. The Kier molecular flexibility index (Phi) is 4.47. The molecular weight excluding hydrogens is 326 g/mol. The summed E-state index contributed by atoms with van der Waals surface area (Å²) in [6.45, 7) is 1.94. The second kappa shape index (κ2) is 6.92. The number of phenols is 1. The van der Waals surface area contributed by atoms with E-state index in [2.05, 4.69) is 15.5 Å². The summed E-state index contributed by atoms with van der Waals surface area (Å²) in [5.74, 6) is 0.884. The van der Waals surface area contributed by atoms with Crippen molar-refractivity contribution < 1.29 is 10.2 Å². The van der Waals surface area contributed by atoms with Crippen molar-refractivity contribution in [3.8, 4) is 17.0 Å². The standard InChI is InChI=1S/C21H23N3O2/c1-13-10-11-16(19(26)12-13)20-14-6-2-3-7-15(14)21(24-23-20)22-17-8-4-5-9-18(17)25/h2-3,6-7,10-12,17-18,25-26H,4-5,8-9H2,1H3,(H,22,24). The van der Waals surface area contributed by atoms with E-state index in [4.69, 9.17) is 0 Å². The van der Waals surface area contributed by atoms with E-state index < -0.39 is 0 Å². The average Bonchev–Trinajstić information content (AvgIpc) is 2.64. The molecule has 0 amide bonds. The van der Waals surface area contributed by atoms with E-state index >= 15 is 0 Å². The molecule has 2 atom stereocenters. The molecule has 134 valence electrons. The van der Waals surface area contributed by atoms with Crippen molar-refractivity contribution >= 4 is 16.6 Å². The first-order chi connectivity index (χ1) is 12.6. The van der Waals surface area contributed by atoms with Gasteiger partial charge in [0.15, 0.2) is 5.82 Å². The highest BCUT2D eigenvalue weighted by atomic mass is 16.3. The number of fused-ring (bicyclic) bond motifs is 1. The monoisotopic (exact) mass is 349 g/mol. The van der Waals surface area contributed by atoms with Crippen molar-refractivity contribution in [1.29, 1.82) is 0 Å². The number of rotatable bonds is 3. The predicted molar refractivity (Wildman–Crippen MR) is 103 cm³/mol. The number of aromatic hydroxyl groups is 1. The SMILES string of the molecule is Cc1ccc(-c2nnc(NC3CCCCC3O)c3ccccc23)c(O)c1. The van der Waals surface area contributed by atoms with Gasteiger partial charge in [-0.3, -0.25) is 0 Å². The highest BCUT2D eigenvalue weighted by Crippen LogP contribution is 2.35. The summed E-state index contributed by atoms with van der Waals surface area (Å²) < 4.78 is 0. The second-order valence-corrected chi connectivity index (χ2v) is 7.07. The molecule has 0 saturated heterocycles. The number of aliphatic hydroxyl groups excluding tert-OH is 1. The smallest absolute Gasteiger partial charge is 0.156 e. The molecule has 1 aliphatic rings. The van der Waals surface area contributed by atoms with Gasteiger partial charge in [0.2, 0.25) is 0 Å². The van der Waals surface area contributed by atoms with Crippen LogP contribution in [0.1, 0.15) is 31.2 Å². The zero-order chi connectivity index (χ0) is 18.1. The van der Waals surface area contributed by atoms with Crippen LogP contribution in [0.15, 0.2) is 42.5 Å². The Morgan fingerprint density at radius 3 is 2.54 bits per heavy atom. The van der Waals surface area contributed by atoms with Crippen molar-refractivity contribution in [2.75, 3.05) is 5.32 Å². The Labute approximate surface area is 152 Å². The maximum Gasteiger partial charge on any atom is 0.156 e. The molecule has 1 saturated carbocycles. The summed E-state index contributed by atoms with van der Waals surface area (Å²) in [6, 6.07) is 13.5. The van der Waals surface area contributed by atoms with Gasteiger partial charge < -0.3 is 15.5 Å². The third-order valence-electron chi connectivity index (χ3n) is 5.15. The Hall–Kier alpha value is -2.66. The van der Waals surface area contributed by atoms with Crippen LogP contribution in [0.2, 0.25) is 0 Å². The molecule has 0 radical (unpaired) electrons. The molecule has 2 unspecified atom stereocenters. The van der Waals surface area contributed by atoms with Crippen LogP contribution in [0, 0.1) is 6.92 Å². The number of aromatic nitrogens is 2. The van der Waals surface area contributed by atoms with Crippen LogP contribution < -0.4 is 5.32 Å². The quantitative estimate of drug-likeness (QED) is 0.665. The lowest BCUT2D eigenvalue weighted by Crippen LogP contribution is -2.36. The maximum absolute atomic E-state index is 10.4. The first-order valence-electron chi connectivity index (χ1n) is 9.13. The number of aliphatic hydroxyl groups is 1. The Balaban J connectivity index is 1.78. The molecule has 3 aromatic rings. The highest BCUT2D eigenvalue weighted by Gasteiger charge is 2.24. The summed E-state index contributed by atoms with van der Waals surface area (Å²) in [5, 5.41) is 34.7. The molecule has 5 nitrogen and oxygen atoms in total. The number of aryl methyl sites for hydroxylation is 1. The zero-order valence-electron chi connectivity index (χ0n) is 14.8. The van der Waals surface area contributed by atoms with Gasteiger partial charge in [-0.1, -0.05) is 43.2 Å². The number of hydrogen-bond donors (Lipinski definition) is 3. The molecule has 5 heteroatoms. The molecule has 0 bridgehead atoms. The minimum Gasteiger partial charge on any atom is -0.507 e. The second-order valence-electron chi connectivity index (χ2n) is 7.07. The number of benzene rings is 2. The van der Waals surface area contributed by atoms with Crippen LogP contribution in [-0.4, -0.2) is 32.6 Å². The molecule has 1 heterocycles. The molecule has 1 aliphatic carbocycles. The number of nitrogens with one attached hydrogen (secondary N) is 1. The van der Waals surface area contributed by atoms with Gasteiger partial charge in [-0.25, -0.2) is 0 Å². The van der Waals surface area contributed by atoms with E-state index in [-0.39, 0.29) is 17.9 Å². The molecule has 0 aliphatic heterocycles. The summed E-state index contributed by atoms with van der Waals surface area (Å²) in [5.41, 5.74) is 2.32. The van der Waals surface area contributed by atoms with Gasteiger partial charge in [0.25, 0.3) is 0 Å². The molecular formula is C21H23N3O2. The van der Waals surface area contributed by atoms with Crippen LogP contribution >= 0.6 is 0 Å². The van der Waals surface area contributed by atoms with E-state index in [0.717, 1.165) is 42.0 Å².